The van der Waals surface area contributed by atoms with Crippen LogP contribution in [0.25, 0.3) is 0 Å². The molecule has 2 heterocycles. The molecule has 0 N–H and O–H groups in total. The second-order valence-corrected chi connectivity index (χ2v) is 6.29. The molecule has 2 rings (SSSR count). The Morgan fingerprint density at radius 1 is 1.05 bits per heavy atom. The third-order valence-corrected chi connectivity index (χ3v) is 3.89. The van der Waals surface area contributed by atoms with Crippen LogP contribution < -0.4 is 4.74 Å². The second kappa shape index (κ2) is 6.41. The van der Waals surface area contributed by atoms with Crippen molar-refractivity contribution in [2.75, 3.05) is 0 Å². The van der Waals surface area contributed by atoms with Gasteiger partial charge in [0.05, 0.1) is 11.5 Å². The summed E-state index contributed by atoms with van der Waals surface area (Å²) in [7, 11) is 0. The fourth-order valence-electron chi connectivity index (χ4n) is 2.68. The van der Waals surface area contributed by atoms with Gasteiger partial charge in [0.2, 0.25) is 12.2 Å². The molecule has 2 aromatic rings. The smallest absolute Gasteiger partial charge is 0.234 e. The Balaban J connectivity index is 2.23. The van der Waals surface area contributed by atoms with Crippen LogP contribution in [0.15, 0.2) is 15.4 Å². The fourth-order valence-corrected chi connectivity index (χ4v) is 2.68. The van der Waals surface area contributed by atoms with Crippen LogP contribution in [0.5, 0.6) is 0 Å². The summed E-state index contributed by atoms with van der Waals surface area (Å²) in [6.07, 6.45) is 2.84. The Kier molecular flexibility index (Phi) is 4.80. The Bertz CT molecular complexity index is 584. The molecule has 116 valence electrons. The highest BCUT2D eigenvalue weighted by Gasteiger charge is 2.28. The van der Waals surface area contributed by atoms with Gasteiger partial charge in [-0.1, -0.05) is 51.9 Å². The standard InChI is InChI=1S/C16H26N3O2/c1-7-14-13(10(2)3)9-20-19(14)8-12(6)16-15(11(4)5)17-21-18-16/h9-12H,7-8H2,1-6H3/q+1. The average Bonchev–Trinajstić information content (AvgIpc) is 3.04. The van der Waals surface area contributed by atoms with E-state index in [1.807, 2.05) is 11.0 Å². The maximum Gasteiger partial charge on any atom is 0.234 e. The molecule has 1 atom stereocenters. The molecule has 0 saturated carbocycles. The highest BCUT2D eigenvalue weighted by Crippen LogP contribution is 2.24. The first-order valence-corrected chi connectivity index (χ1v) is 7.78. The van der Waals surface area contributed by atoms with E-state index in [1.165, 1.54) is 11.3 Å². The van der Waals surface area contributed by atoms with Crippen LogP contribution in [-0.4, -0.2) is 10.3 Å². The van der Waals surface area contributed by atoms with Gasteiger partial charge in [-0.05, 0) is 10.7 Å². The zero-order valence-electron chi connectivity index (χ0n) is 13.9. The molecule has 0 bridgehead atoms. The van der Waals surface area contributed by atoms with Crippen LogP contribution in [0.3, 0.4) is 0 Å². The van der Waals surface area contributed by atoms with Crippen LogP contribution in [0.4, 0.5) is 0 Å². The number of hydrogen-bond acceptors (Lipinski definition) is 4. The van der Waals surface area contributed by atoms with Crippen molar-refractivity contribution in [1.29, 1.82) is 0 Å². The van der Waals surface area contributed by atoms with Gasteiger partial charge >= 0.3 is 0 Å². The molecule has 0 aliphatic rings. The molecule has 5 nitrogen and oxygen atoms in total. The Labute approximate surface area is 126 Å². The van der Waals surface area contributed by atoms with Gasteiger partial charge < -0.3 is 0 Å². The van der Waals surface area contributed by atoms with Gasteiger partial charge in [0.1, 0.15) is 11.4 Å². The summed E-state index contributed by atoms with van der Waals surface area (Å²) in [6, 6.07) is 0. The lowest BCUT2D eigenvalue weighted by Gasteiger charge is -2.06. The van der Waals surface area contributed by atoms with E-state index in [9.17, 15) is 0 Å². The van der Waals surface area contributed by atoms with Crippen molar-refractivity contribution in [3.63, 3.8) is 0 Å². The maximum absolute atomic E-state index is 5.75. The molecule has 0 aliphatic heterocycles. The first-order valence-electron chi connectivity index (χ1n) is 7.78. The summed E-state index contributed by atoms with van der Waals surface area (Å²) >= 11 is 0. The molecule has 5 heteroatoms. The topological polar surface area (TPSA) is 55.9 Å². The zero-order chi connectivity index (χ0) is 15.6. The lowest BCUT2D eigenvalue weighted by Crippen LogP contribution is -2.38. The van der Waals surface area contributed by atoms with Gasteiger partial charge in [0.15, 0.2) is 6.26 Å². The summed E-state index contributed by atoms with van der Waals surface area (Å²) in [5, 5.41) is 8.12. The minimum absolute atomic E-state index is 0.204. The summed E-state index contributed by atoms with van der Waals surface area (Å²) in [5.41, 5.74) is 4.42. The van der Waals surface area contributed by atoms with Crippen LogP contribution >= 0.6 is 0 Å². The van der Waals surface area contributed by atoms with Crippen molar-refractivity contribution in [1.82, 2.24) is 10.3 Å². The third-order valence-electron chi connectivity index (χ3n) is 3.89. The molecule has 0 radical (unpaired) electrons. The van der Waals surface area contributed by atoms with E-state index in [0.717, 1.165) is 24.4 Å². The van der Waals surface area contributed by atoms with Crippen molar-refractivity contribution in [2.24, 2.45) is 0 Å². The fraction of sp³-hybridized carbons (Fsp3) is 0.688. The minimum atomic E-state index is 0.204. The van der Waals surface area contributed by atoms with E-state index >= 15 is 0 Å². The molecular formula is C16H26N3O2+. The van der Waals surface area contributed by atoms with E-state index in [1.54, 1.807) is 0 Å². The van der Waals surface area contributed by atoms with Crippen molar-refractivity contribution in [3.05, 3.63) is 28.9 Å². The monoisotopic (exact) mass is 292 g/mol. The van der Waals surface area contributed by atoms with E-state index in [-0.39, 0.29) is 5.92 Å². The van der Waals surface area contributed by atoms with Gasteiger partial charge in [-0.15, -0.1) is 0 Å². The Morgan fingerprint density at radius 2 is 1.71 bits per heavy atom. The number of nitrogens with zero attached hydrogens (tertiary/aromatic N) is 3. The molecule has 0 amide bonds. The van der Waals surface area contributed by atoms with Crippen LogP contribution in [0, 0.1) is 0 Å². The molecule has 1 unspecified atom stereocenters. The van der Waals surface area contributed by atoms with E-state index in [2.05, 4.69) is 51.9 Å². The molecule has 0 aromatic carbocycles. The van der Waals surface area contributed by atoms with Gasteiger partial charge in [0, 0.05) is 12.3 Å². The van der Waals surface area contributed by atoms with Crippen molar-refractivity contribution in [3.8, 4) is 0 Å². The number of aromatic nitrogens is 3. The summed E-state index contributed by atoms with van der Waals surface area (Å²) in [5.74, 6) is 0.988. The summed E-state index contributed by atoms with van der Waals surface area (Å²) < 4.78 is 12.7. The molecule has 21 heavy (non-hydrogen) atoms. The first-order chi connectivity index (χ1) is 9.95. The molecule has 0 spiro atoms. The van der Waals surface area contributed by atoms with Gasteiger partial charge in [-0.2, -0.15) is 0 Å². The van der Waals surface area contributed by atoms with Crippen molar-refractivity contribution in [2.45, 2.75) is 72.3 Å². The number of hydrogen-bond donors (Lipinski definition) is 0. The molecular weight excluding hydrogens is 266 g/mol. The van der Waals surface area contributed by atoms with Gasteiger partial charge in [0.25, 0.3) is 0 Å². The Hall–Kier alpha value is -1.65. The number of rotatable bonds is 6. The average molecular weight is 292 g/mol. The highest BCUT2D eigenvalue weighted by molar-refractivity contribution is 5.16. The zero-order valence-corrected chi connectivity index (χ0v) is 13.9. The second-order valence-electron chi connectivity index (χ2n) is 6.29. The molecule has 0 aliphatic carbocycles. The summed E-state index contributed by atoms with van der Waals surface area (Å²) in [4.78, 5) is 0. The molecule has 0 saturated heterocycles. The largest absolute Gasteiger partial charge is 0.244 e. The van der Waals surface area contributed by atoms with Crippen molar-refractivity contribution < 1.29 is 13.9 Å². The van der Waals surface area contributed by atoms with E-state index in [0.29, 0.717) is 11.8 Å². The first kappa shape index (κ1) is 15.7. The van der Waals surface area contributed by atoms with Crippen molar-refractivity contribution >= 4 is 0 Å². The normalized spacial score (nSPS) is 13.3. The predicted molar refractivity (Wildman–Crippen MR) is 79.2 cm³/mol. The Morgan fingerprint density at radius 3 is 2.29 bits per heavy atom. The van der Waals surface area contributed by atoms with Gasteiger partial charge in [-0.3, -0.25) is 0 Å². The predicted octanol–water partition coefficient (Wildman–Crippen LogP) is 3.56. The van der Waals surface area contributed by atoms with Crippen LogP contribution in [0.1, 0.15) is 81.9 Å². The third kappa shape index (κ3) is 3.17. The highest BCUT2D eigenvalue weighted by atomic mass is 16.6. The molecule has 2 aromatic heterocycles. The van der Waals surface area contributed by atoms with Gasteiger partial charge in [-0.25, -0.2) is 9.15 Å². The van der Waals surface area contributed by atoms with Crippen LogP contribution in [-0.2, 0) is 13.0 Å². The molecule has 0 fully saturated rings. The van der Waals surface area contributed by atoms with Crippen LogP contribution in [0.2, 0.25) is 0 Å². The van der Waals surface area contributed by atoms with E-state index in [4.69, 9.17) is 9.15 Å². The van der Waals surface area contributed by atoms with E-state index < -0.39 is 0 Å². The quantitative estimate of drug-likeness (QED) is 0.764. The summed E-state index contributed by atoms with van der Waals surface area (Å²) in [6.45, 7) is 13.6. The lowest BCUT2D eigenvalue weighted by molar-refractivity contribution is -0.870. The maximum atomic E-state index is 5.75. The lowest BCUT2D eigenvalue weighted by atomic mass is 9.99. The minimum Gasteiger partial charge on any atom is -0.244 e. The SMILES string of the molecule is CCc1c(C(C)C)co[n+]1CC(C)c1nonc1C(C)C.